The summed E-state index contributed by atoms with van der Waals surface area (Å²) in [5.74, 6) is 0.0647. The van der Waals surface area contributed by atoms with Gasteiger partial charge in [-0.15, -0.1) is 0 Å². The highest BCUT2D eigenvalue weighted by Crippen LogP contribution is 2.38. The maximum absolute atomic E-state index is 13.7. The number of nitrogens with zero attached hydrogens (tertiary/aromatic N) is 3. The average molecular weight is 627 g/mol. The summed E-state index contributed by atoms with van der Waals surface area (Å²) in [4.78, 5) is 33.0. The first-order valence-corrected chi connectivity index (χ1v) is 13.1. The molecule has 0 aliphatic rings. The van der Waals surface area contributed by atoms with Crippen molar-refractivity contribution < 1.29 is 35.9 Å². The third-order valence-corrected chi connectivity index (χ3v) is 6.86. The van der Waals surface area contributed by atoms with Crippen molar-refractivity contribution >= 4 is 34.2 Å². The standard InChI is InChI=1S/C29H25ClF6N4O3/c1-16-4-7-22(8-5-16)40-25(38-24-15-20(30)6-9-23(24)26(40)41)17(2)39(10-11-43-3)27(42)37-21-13-18(28(31,32)33)12-19(14-21)29(34,35)36/h4-9,12-15,17H,10-11H2,1-3H3,(H,37,42). The summed E-state index contributed by atoms with van der Waals surface area (Å²) in [6.45, 7) is 3.16. The number of nitrogens with one attached hydrogen (secondary N) is 1. The molecule has 1 unspecified atom stereocenters. The average Bonchev–Trinajstić information content (AvgIpc) is 2.92. The van der Waals surface area contributed by atoms with Crippen LogP contribution in [-0.4, -0.2) is 40.7 Å². The molecule has 3 aromatic carbocycles. The van der Waals surface area contributed by atoms with E-state index in [1.165, 1.54) is 36.8 Å². The van der Waals surface area contributed by atoms with Crippen molar-refractivity contribution in [1.82, 2.24) is 14.5 Å². The second-order valence-corrected chi connectivity index (χ2v) is 10.1. The number of methoxy groups -OCH3 is 1. The number of rotatable bonds is 7. The highest BCUT2D eigenvalue weighted by atomic mass is 35.5. The van der Waals surface area contributed by atoms with Crippen LogP contribution in [-0.2, 0) is 17.1 Å². The van der Waals surface area contributed by atoms with Crippen LogP contribution < -0.4 is 10.9 Å². The van der Waals surface area contributed by atoms with Gasteiger partial charge in [-0.3, -0.25) is 9.36 Å². The van der Waals surface area contributed by atoms with E-state index in [4.69, 9.17) is 16.3 Å². The molecule has 1 atom stereocenters. The van der Waals surface area contributed by atoms with Crippen molar-refractivity contribution in [2.24, 2.45) is 0 Å². The molecular formula is C29H25ClF6N4O3. The lowest BCUT2D eigenvalue weighted by Gasteiger charge is -2.30. The second kappa shape index (κ2) is 12.3. The zero-order valence-corrected chi connectivity index (χ0v) is 23.7. The third kappa shape index (κ3) is 7.11. The molecule has 0 aliphatic carbocycles. The van der Waals surface area contributed by atoms with Crippen LogP contribution in [0.15, 0.2) is 65.5 Å². The molecule has 0 saturated heterocycles. The summed E-state index contributed by atoms with van der Waals surface area (Å²) < 4.78 is 86.9. The highest BCUT2D eigenvalue weighted by Gasteiger charge is 2.37. The highest BCUT2D eigenvalue weighted by molar-refractivity contribution is 6.31. The Kier molecular flexibility index (Phi) is 9.07. The predicted molar refractivity (Wildman–Crippen MR) is 150 cm³/mol. The summed E-state index contributed by atoms with van der Waals surface area (Å²) in [6, 6.07) is 10.1. The molecule has 0 saturated carbocycles. The van der Waals surface area contributed by atoms with Gasteiger partial charge >= 0.3 is 18.4 Å². The molecule has 0 spiro atoms. The van der Waals surface area contributed by atoms with E-state index >= 15 is 0 Å². The Bertz CT molecular complexity index is 1670. The molecule has 2 amide bonds. The molecule has 0 fully saturated rings. The van der Waals surface area contributed by atoms with Gasteiger partial charge in [0.05, 0.1) is 40.4 Å². The first kappa shape index (κ1) is 31.8. The number of halogens is 7. The van der Waals surface area contributed by atoms with E-state index in [0.29, 0.717) is 22.8 Å². The topological polar surface area (TPSA) is 76.5 Å². The first-order chi connectivity index (χ1) is 20.1. The lowest BCUT2D eigenvalue weighted by molar-refractivity contribution is -0.143. The van der Waals surface area contributed by atoms with E-state index in [-0.39, 0.29) is 35.9 Å². The first-order valence-electron chi connectivity index (χ1n) is 12.8. The number of amides is 2. The minimum absolute atomic E-state index is 0.0363. The van der Waals surface area contributed by atoms with Crippen LogP contribution in [0.1, 0.15) is 35.5 Å². The van der Waals surface area contributed by atoms with Gasteiger partial charge in [0.25, 0.3) is 5.56 Å². The molecule has 7 nitrogen and oxygen atoms in total. The van der Waals surface area contributed by atoms with E-state index in [0.717, 1.165) is 10.5 Å². The summed E-state index contributed by atoms with van der Waals surface area (Å²) >= 11 is 6.14. The number of urea groups is 1. The monoisotopic (exact) mass is 626 g/mol. The minimum atomic E-state index is -5.11. The van der Waals surface area contributed by atoms with Gasteiger partial charge in [-0.2, -0.15) is 26.3 Å². The summed E-state index contributed by atoms with van der Waals surface area (Å²) in [6.07, 6.45) is -10.2. The van der Waals surface area contributed by atoms with E-state index in [2.05, 4.69) is 10.3 Å². The van der Waals surface area contributed by atoms with Gasteiger partial charge in [-0.25, -0.2) is 9.78 Å². The molecular weight excluding hydrogens is 602 g/mol. The Labute approximate surface area is 246 Å². The molecule has 0 radical (unpaired) electrons. The largest absolute Gasteiger partial charge is 0.416 e. The number of carbonyl (C=O) groups is 1. The number of aryl methyl sites for hydroxylation is 1. The van der Waals surface area contributed by atoms with Crippen molar-refractivity contribution in [2.45, 2.75) is 32.2 Å². The lowest BCUT2D eigenvalue weighted by atomic mass is 10.1. The number of hydrogen-bond acceptors (Lipinski definition) is 4. The van der Waals surface area contributed by atoms with Gasteiger partial charge < -0.3 is 15.0 Å². The molecule has 0 bridgehead atoms. The second-order valence-electron chi connectivity index (χ2n) is 9.69. The quantitative estimate of drug-likeness (QED) is 0.214. The van der Waals surface area contributed by atoms with Crippen LogP contribution in [0.3, 0.4) is 0 Å². The number of aromatic nitrogens is 2. The SMILES string of the molecule is COCCN(C(=O)Nc1cc(C(F)(F)F)cc(C(F)(F)F)c1)C(C)c1nc2cc(Cl)ccc2c(=O)n1-c1ccc(C)cc1. The molecule has 1 aromatic heterocycles. The van der Waals surface area contributed by atoms with Crippen LogP contribution >= 0.6 is 11.6 Å². The molecule has 43 heavy (non-hydrogen) atoms. The number of benzene rings is 3. The molecule has 228 valence electrons. The number of anilines is 1. The number of alkyl halides is 6. The minimum Gasteiger partial charge on any atom is -0.383 e. The fourth-order valence-electron chi connectivity index (χ4n) is 4.42. The molecule has 1 N–H and O–H groups in total. The van der Waals surface area contributed by atoms with Crippen molar-refractivity contribution in [2.75, 3.05) is 25.6 Å². The molecule has 4 aromatic rings. The lowest BCUT2D eigenvalue weighted by Crippen LogP contribution is -2.41. The van der Waals surface area contributed by atoms with Gasteiger partial charge in [-0.1, -0.05) is 29.3 Å². The number of ether oxygens (including phenoxy) is 1. The van der Waals surface area contributed by atoms with Gasteiger partial charge in [0.1, 0.15) is 5.82 Å². The molecule has 4 rings (SSSR count). The maximum atomic E-state index is 13.7. The van der Waals surface area contributed by atoms with E-state index < -0.39 is 46.8 Å². The predicted octanol–water partition coefficient (Wildman–Crippen LogP) is 7.63. The Morgan fingerprint density at radius 1 is 1.00 bits per heavy atom. The van der Waals surface area contributed by atoms with Crippen LogP contribution in [0.4, 0.5) is 36.8 Å². The Morgan fingerprint density at radius 3 is 2.16 bits per heavy atom. The van der Waals surface area contributed by atoms with Crippen molar-refractivity contribution in [1.29, 1.82) is 0 Å². The van der Waals surface area contributed by atoms with Gasteiger partial charge in [-0.05, 0) is 62.4 Å². The zero-order valence-electron chi connectivity index (χ0n) is 23.0. The fourth-order valence-corrected chi connectivity index (χ4v) is 4.59. The number of hydrogen-bond donors (Lipinski definition) is 1. The fraction of sp³-hybridized carbons (Fsp3) is 0.276. The Morgan fingerprint density at radius 2 is 1.60 bits per heavy atom. The molecule has 1 heterocycles. The summed E-state index contributed by atoms with van der Waals surface area (Å²) in [5.41, 5.74) is -2.83. The maximum Gasteiger partial charge on any atom is 0.416 e. The smallest absolute Gasteiger partial charge is 0.383 e. The van der Waals surface area contributed by atoms with Gasteiger partial charge in [0.15, 0.2) is 0 Å². The summed E-state index contributed by atoms with van der Waals surface area (Å²) in [7, 11) is 1.35. The van der Waals surface area contributed by atoms with Gasteiger partial charge in [0, 0.05) is 24.4 Å². The number of carbonyl (C=O) groups excluding carboxylic acids is 1. The molecule has 14 heteroatoms. The van der Waals surface area contributed by atoms with E-state index in [9.17, 15) is 35.9 Å². The Balaban J connectivity index is 1.84. The third-order valence-electron chi connectivity index (χ3n) is 6.63. The number of fused-ring (bicyclic) bond motifs is 1. The van der Waals surface area contributed by atoms with Crippen molar-refractivity contribution in [3.8, 4) is 5.69 Å². The Hall–Kier alpha value is -4.10. The van der Waals surface area contributed by atoms with Gasteiger partial charge in [0.2, 0.25) is 0 Å². The van der Waals surface area contributed by atoms with Crippen LogP contribution in [0, 0.1) is 6.92 Å². The normalized spacial score (nSPS) is 12.8. The van der Waals surface area contributed by atoms with Crippen molar-refractivity contribution in [3.05, 3.63) is 98.6 Å². The molecule has 0 aliphatic heterocycles. The van der Waals surface area contributed by atoms with Crippen LogP contribution in [0.5, 0.6) is 0 Å². The van der Waals surface area contributed by atoms with Crippen molar-refractivity contribution in [3.63, 3.8) is 0 Å². The van der Waals surface area contributed by atoms with Crippen LogP contribution in [0.2, 0.25) is 5.02 Å². The van der Waals surface area contributed by atoms with E-state index in [1.54, 1.807) is 24.3 Å². The van der Waals surface area contributed by atoms with Crippen LogP contribution in [0.25, 0.3) is 16.6 Å². The summed E-state index contributed by atoms with van der Waals surface area (Å²) in [5, 5.41) is 2.68. The zero-order chi connectivity index (χ0) is 31.7. The van der Waals surface area contributed by atoms with E-state index in [1.807, 2.05) is 6.92 Å².